The molecule has 2 heteroatoms. The topological polar surface area (TPSA) is 15.3 Å². The van der Waals surface area contributed by atoms with Crippen LogP contribution in [-0.2, 0) is 0 Å². The van der Waals surface area contributed by atoms with Crippen LogP contribution in [0.1, 0.15) is 59.8 Å². The normalized spacial score (nSPS) is 25.0. The Morgan fingerprint density at radius 2 is 1.78 bits per heavy atom. The molecular weight excluding hydrogens is 220 g/mol. The number of rotatable bonds is 8. The van der Waals surface area contributed by atoms with Gasteiger partial charge in [-0.05, 0) is 57.3 Å². The van der Waals surface area contributed by atoms with Crippen LogP contribution in [0.15, 0.2) is 0 Å². The van der Waals surface area contributed by atoms with Crippen LogP contribution in [0, 0.1) is 11.8 Å². The lowest BCUT2D eigenvalue weighted by molar-refractivity contribution is 0.202. The van der Waals surface area contributed by atoms with Gasteiger partial charge in [0.05, 0.1) is 0 Å². The quantitative estimate of drug-likeness (QED) is 0.667. The summed E-state index contributed by atoms with van der Waals surface area (Å²) in [5.41, 5.74) is 0. The Bertz CT molecular complexity index is 199. The SMILES string of the molecule is CCN(CC)CCCNC1CCCCC1C(C)C. The monoisotopic (exact) mass is 254 g/mol. The van der Waals surface area contributed by atoms with Crippen LogP contribution in [0.25, 0.3) is 0 Å². The summed E-state index contributed by atoms with van der Waals surface area (Å²) in [5, 5.41) is 3.83. The first kappa shape index (κ1) is 16.0. The predicted octanol–water partition coefficient (Wildman–Crippen LogP) is 3.52. The van der Waals surface area contributed by atoms with Gasteiger partial charge in [-0.1, -0.05) is 40.5 Å². The highest BCUT2D eigenvalue weighted by molar-refractivity contribution is 4.82. The number of hydrogen-bond acceptors (Lipinski definition) is 2. The molecule has 1 saturated carbocycles. The van der Waals surface area contributed by atoms with Crippen LogP contribution in [0.5, 0.6) is 0 Å². The minimum Gasteiger partial charge on any atom is -0.314 e. The van der Waals surface area contributed by atoms with Crippen LogP contribution in [0.2, 0.25) is 0 Å². The van der Waals surface area contributed by atoms with Gasteiger partial charge in [0.15, 0.2) is 0 Å². The Labute approximate surface area is 115 Å². The fourth-order valence-corrected chi connectivity index (χ4v) is 3.34. The molecule has 0 bridgehead atoms. The van der Waals surface area contributed by atoms with Crippen molar-refractivity contribution in [1.82, 2.24) is 10.2 Å². The lowest BCUT2D eigenvalue weighted by atomic mass is 9.78. The first-order valence-corrected chi connectivity index (χ1v) is 8.14. The fourth-order valence-electron chi connectivity index (χ4n) is 3.34. The van der Waals surface area contributed by atoms with Gasteiger partial charge in [-0.2, -0.15) is 0 Å². The molecule has 1 N–H and O–H groups in total. The van der Waals surface area contributed by atoms with Crippen LogP contribution >= 0.6 is 0 Å². The van der Waals surface area contributed by atoms with E-state index in [0.29, 0.717) is 0 Å². The highest BCUT2D eigenvalue weighted by Crippen LogP contribution is 2.30. The van der Waals surface area contributed by atoms with Crippen molar-refractivity contribution in [3.63, 3.8) is 0 Å². The smallest absolute Gasteiger partial charge is 0.00977 e. The van der Waals surface area contributed by atoms with E-state index < -0.39 is 0 Å². The molecule has 108 valence electrons. The summed E-state index contributed by atoms with van der Waals surface area (Å²) in [7, 11) is 0. The van der Waals surface area contributed by atoms with E-state index in [1.807, 2.05) is 0 Å². The summed E-state index contributed by atoms with van der Waals surface area (Å²) in [4.78, 5) is 2.52. The molecule has 2 atom stereocenters. The third kappa shape index (κ3) is 5.27. The van der Waals surface area contributed by atoms with Crippen LogP contribution in [0.4, 0.5) is 0 Å². The van der Waals surface area contributed by atoms with Crippen molar-refractivity contribution in [1.29, 1.82) is 0 Å². The van der Waals surface area contributed by atoms with Gasteiger partial charge in [0.2, 0.25) is 0 Å². The Kier molecular flexibility index (Phi) is 7.92. The van der Waals surface area contributed by atoms with Crippen molar-refractivity contribution in [2.45, 2.75) is 65.8 Å². The number of hydrogen-bond donors (Lipinski definition) is 1. The average Bonchev–Trinajstić information content (AvgIpc) is 2.39. The molecule has 0 aliphatic heterocycles. The lowest BCUT2D eigenvalue weighted by Crippen LogP contribution is -2.41. The first-order valence-electron chi connectivity index (χ1n) is 8.14. The second kappa shape index (κ2) is 8.92. The van der Waals surface area contributed by atoms with E-state index in [2.05, 4.69) is 37.9 Å². The Morgan fingerprint density at radius 3 is 2.39 bits per heavy atom. The molecular formula is C16H34N2. The largest absolute Gasteiger partial charge is 0.314 e. The van der Waals surface area contributed by atoms with Gasteiger partial charge < -0.3 is 10.2 Å². The molecule has 0 heterocycles. The zero-order valence-corrected chi connectivity index (χ0v) is 13.0. The molecule has 0 aromatic carbocycles. The summed E-state index contributed by atoms with van der Waals surface area (Å²) >= 11 is 0. The number of nitrogens with one attached hydrogen (secondary N) is 1. The van der Waals surface area contributed by atoms with Crippen molar-refractivity contribution >= 4 is 0 Å². The standard InChI is InChI=1S/C16H34N2/c1-5-18(6-2)13-9-12-17-16-11-8-7-10-15(16)14(3)4/h14-17H,5-13H2,1-4H3. The molecule has 0 aromatic heterocycles. The maximum absolute atomic E-state index is 3.83. The molecule has 1 rings (SSSR count). The summed E-state index contributed by atoms with van der Waals surface area (Å²) in [6.07, 6.45) is 7.00. The van der Waals surface area contributed by atoms with Gasteiger partial charge in [0.1, 0.15) is 0 Å². The molecule has 1 aliphatic carbocycles. The summed E-state index contributed by atoms with van der Waals surface area (Å²) in [6.45, 7) is 14.1. The van der Waals surface area contributed by atoms with Gasteiger partial charge >= 0.3 is 0 Å². The Balaban J connectivity index is 2.20. The molecule has 2 unspecified atom stereocenters. The lowest BCUT2D eigenvalue weighted by Gasteiger charge is -2.35. The molecule has 0 aromatic rings. The van der Waals surface area contributed by atoms with Crippen molar-refractivity contribution in [3.05, 3.63) is 0 Å². The zero-order valence-electron chi connectivity index (χ0n) is 13.0. The number of nitrogens with zero attached hydrogens (tertiary/aromatic N) is 1. The second-order valence-corrected chi connectivity index (χ2v) is 6.13. The van der Waals surface area contributed by atoms with E-state index in [0.717, 1.165) is 17.9 Å². The van der Waals surface area contributed by atoms with E-state index in [1.165, 1.54) is 58.3 Å². The minimum atomic E-state index is 0.787. The fraction of sp³-hybridized carbons (Fsp3) is 1.00. The van der Waals surface area contributed by atoms with Crippen molar-refractivity contribution in [2.75, 3.05) is 26.2 Å². The molecule has 0 radical (unpaired) electrons. The van der Waals surface area contributed by atoms with Gasteiger partial charge in [0.25, 0.3) is 0 Å². The Morgan fingerprint density at radius 1 is 1.11 bits per heavy atom. The van der Waals surface area contributed by atoms with Gasteiger partial charge in [-0.3, -0.25) is 0 Å². The van der Waals surface area contributed by atoms with Crippen molar-refractivity contribution < 1.29 is 0 Å². The van der Waals surface area contributed by atoms with Crippen LogP contribution in [0.3, 0.4) is 0 Å². The highest BCUT2D eigenvalue weighted by atomic mass is 15.1. The molecule has 2 nitrogen and oxygen atoms in total. The first-order chi connectivity index (χ1) is 8.69. The molecule has 0 spiro atoms. The third-order valence-corrected chi connectivity index (χ3v) is 4.63. The predicted molar refractivity (Wildman–Crippen MR) is 81.0 cm³/mol. The van der Waals surface area contributed by atoms with Gasteiger partial charge in [-0.25, -0.2) is 0 Å². The summed E-state index contributed by atoms with van der Waals surface area (Å²) < 4.78 is 0. The minimum absolute atomic E-state index is 0.787. The summed E-state index contributed by atoms with van der Waals surface area (Å²) in [5.74, 6) is 1.75. The van der Waals surface area contributed by atoms with Gasteiger partial charge in [0, 0.05) is 6.04 Å². The van der Waals surface area contributed by atoms with Crippen LogP contribution in [-0.4, -0.2) is 37.1 Å². The summed E-state index contributed by atoms with van der Waals surface area (Å²) in [6, 6.07) is 0.787. The average molecular weight is 254 g/mol. The van der Waals surface area contributed by atoms with E-state index in [-0.39, 0.29) is 0 Å². The molecule has 18 heavy (non-hydrogen) atoms. The Hall–Kier alpha value is -0.0800. The molecule has 0 saturated heterocycles. The van der Waals surface area contributed by atoms with E-state index >= 15 is 0 Å². The molecule has 1 fully saturated rings. The maximum atomic E-state index is 3.83. The molecule has 1 aliphatic rings. The highest BCUT2D eigenvalue weighted by Gasteiger charge is 2.26. The zero-order chi connectivity index (χ0) is 13.4. The van der Waals surface area contributed by atoms with E-state index in [1.54, 1.807) is 0 Å². The molecule has 0 amide bonds. The third-order valence-electron chi connectivity index (χ3n) is 4.63. The maximum Gasteiger partial charge on any atom is 0.00977 e. The van der Waals surface area contributed by atoms with Gasteiger partial charge in [-0.15, -0.1) is 0 Å². The second-order valence-electron chi connectivity index (χ2n) is 6.13. The van der Waals surface area contributed by atoms with Crippen LogP contribution < -0.4 is 5.32 Å². The van der Waals surface area contributed by atoms with Crippen molar-refractivity contribution in [3.8, 4) is 0 Å². The van der Waals surface area contributed by atoms with E-state index in [9.17, 15) is 0 Å². The van der Waals surface area contributed by atoms with Crippen molar-refractivity contribution in [2.24, 2.45) is 11.8 Å². The van der Waals surface area contributed by atoms with E-state index in [4.69, 9.17) is 0 Å².